The lowest BCUT2D eigenvalue weighted by Gasteiger charge is -2.24. The molecular weight excluding hydrogens is 218 g/mol. The maximum absolute atomic E-state index is 4.50. The van der Waals surface area contributed by atoms with Gasteiger partial charge in [-0.25, -0.2) is 4.98 Å². The molecule has 1 saturated heterocycles. The van der Waals surface area contributed by atoms with Crippen molar-refractivity contribution in [3.63, 3.8) is 0 Å². The van der Waals surface area contributed by atoms with Gasteiger partial charge < -0.3 is 4.90 Å². The third-order valence-electron chi connectivity index (χ3n) is 3.22. The number of anilines is 1. The minimum absolute atomic E-state index is 0.703. The molecule has 0 amide bonds. The van der Waals surface area contributed by atoms with Crippen LogP contribution in [0, 0.1) is 12.8 Å². The molecule has 1 atom stereocenters. The van der Waals surface area contributed by atoms with Gasteiger partial charge in [0.2, 0.25) is 5.13 Å². The van der Waals surface area contributed by atoms with Crippen molar-refractivity contribution in [1.29, 1.82) is 0 Å². The fourth-order valence-electron chi connectivity index (χ4n) is 2.32. The van der Waals surface area contributed by atoms with Gasteiger partial charge in [0, 0.05) is 24.1 Å². The Morgan fingerprint density at radius 1 is 1.50 bits per heavy atom. The summed E-state index contributed by atoms with van der Waals surface area (Å²) in [4.78, 5) is 6.97. The summed E-state index contributed by atoms with van der Waals surface area (Å²) >= 11 is 1.55. The number of hydrogen-bond donors (Lipinski definition) is 0. The quantitative estimate of drug-likeness (QED) is 0.807. The van der Waals surface area contributed by atoms with E-state index in [4.69, 9.17) is 0 Å². The van der Waals surface area contributed by atoms with Gasteiger partial charge in [-0.3, -0.25) is 0 Å². The van der Waals surface area contributed by atoms with E-state index in [2.05, 4.69) is 28.1 Å². The molecule has 0 aliphatic carbocycles. The second kappa shape index (κ2) is 5.13. The van der Waals surface area contributed by atoms with Crippen LogP contribution < -0.4 is 4.90 Å². The van der Waals surface area contributed by atoms with E-state index in [1.807, 2.05) is 6.92 Å². The van der Waals surface area contributed by atoms with Crippen LogP contribution in [-0.2, 0) is 0 Å². The highest BCUT2D eigenvalue weighted by Gasteiger charge is 2.26. The summed E-state index contributed by atoms with van der Waals surface area (Å²) in [5.41, 5.74) is 0. The number of hydrogen-bond acceptors (Lipinski definition) is 4. The molecule has 1 aliphatic rings. The van der Waals surface area contributed by atoms with Gasteiger partial charge in [0.15, 0.2) is 0 Å². The Kier molecular flexibility index (Phi) is 3.79. The molecular formula is C12H21N3S. The second-order valence-electron chi connectivity index (χ2n) is 5.08. The zero-order chi connectivity index (χ0) is 11.5. The highest BCUT2D eigenvalue weighted by molar-refractivity contribution is 7.09. The third kappa shape index (κ3) is 2.73. The first-order valence-corrected chi connectivity index (χ1v) is 7.01. The molecule has 0 bridgehead atoms. The predicted molar refractivity (Wildman–Crippen MR) is 69.1 cm³/mol. The van der Waals surface area contributed by atoms with E-state index < -0.39 is 0 Å². The maximum Gasteiger partial charge on any atom is 0.205 e. The fourth-order valence-corrected chi connectivity index (χ4v) is 3.09. The number of nitrogens with zero attached hydrogens (tertiary/aromatic N) is 3. The van der Waals surface area contributed by atoms with E-state index in [-0.39, 0.29) is 0 Å². The molecule has 1 aromatic rings. The Hall–Kier alpha value is -0.640. The summed E-state index contributed by atoms with van der Waals surface area (Å²) in [5, 5.41) is 1.13. The van der Waals surface area contributed by atoms with Gasteiger partial charge in [0.25, 0.3) is 0 Å². The maximum atomic E-state index is 4.50. The van der Waals surface area contributed by atoms with Crippen molar-refractivity contribution in [1.82, 2.24) is 9.36 Å². The van der Waals surface area contributed by atoms with Gasteiger partial charge in [-0.2, -0.15) is 4.37 Å². The average molecular weight is 239 g/mol. The van der Waals surface area contributed by atoms with Crippen LogP contribution in [0.15, 0.2) is 0 Å². The van der Waals surface area contributed by atoms with Crippen LogP contribution in [0.5, 0.6) is 0 Å². The molecule has 90 valence electrons. The molecule has 2 heterocycles. The van der Waals surface area contributed by atoms with Crippen LogP contribution in [0.1, 0.15) is 45.4 Å². The molecule has 0 saturated carbocycles. The molecule has 0 aromatic carbocycles. The van der Waals surface area contributed by atoms with Crippen LogP contribution in [0.2, 0.25) is 0 Å². The summed E-state index contributed by atoms with van der Waals surface area (Å²) in [5.74, 6) is 1.72. The van der Waals surface area contributed by atoms with Crippen molar-refractivity contribution < 1.29 is 0 Å². The minimum Gasteiger partial charge on any atom is -0.344 e. The Morgan fingerprint density at radius 3 is 2.94 bits per heavy atom. The molecule has 4 heteroatoms. The first-order valence-electron chi connectivity index (χ1n) is 6.23. The van der Waals surface area contributed by atoms with Crippen molar-refractivity contribution in [3.8, 4) is 0 Å². The van der Waals surface area contributed by atoms with Gasteiger partial charge >= 0.3 is 0 Å². The van der Waals surface area contributed by atoms with E-state index in [1.54, 1.807) is 11.5 Å². The molecule has 1 aliphatic heterocycles. The molecule has 0 N–H and O–H groups in total. The summed E-state index contributed by atoms with van der Waals surface area (Å²) in [6, 6.07) is 0.703. The molecule has 1 fully saturated rings. The lowest BCUT2D eigenvalue weighted by molar-refractivity contribution is 0.495. The van der Waals surface area contributed by atoms with Crippen molar-refractivity contribution >= 4 is 16.7 Å². The van der Waals surface area contributed by atoms with Crippen molar-refractivity contribution in [2.45, 2.75) is 52.5 Å². The smallest absolute Gasteiger partial charge is 0.205 e. The zero-order valence-corrected chi connectivity index (χ0v) is 11.3. The SMILES string of the molecule is Cc1nsc(N2CCCC2CCC(C)C)n1. The Morgan fingerprint density at radius 2 is 2.31 bits per heavy atom. The first-order chi connectivity index (χ1) is 7.66. The van der Waals surface area contributed by atoms with E-state index in [0.29, 0.717) is 6.04 Å². The monoisotopic (exact) mass is 239 g/mol. The van der Waals surface area contributed by atoms with Crippen molar-refractivity contribution in [2.75, 3.05) is 11.4 Å². The van der Waals surface area contributed by atoms with Gasteiger partial charge in [-0.05, 0) is 38.5 Å². The first kappa shape index (κ1) is 11.8. The van der Waals surface area contributed by atoms with Crippen LogP contribution in [0.3, 0.4) is 0 Å². The largest absolute Gasteiger partial charge is 0.344 e. The van der Waals surface area contributed by atoms with Crippen molar-refractivity contribution in [2.24, 2.45) is 5.92 Å². The van der Waals surface area contributed by atoms with Gasteiger partial charge in [0.05, 0.1) is 0 Å². The lowest BCUT2D eigenvalue weighted by Crippen LogP contribution is -2.29. The van der Waals surface area contributed by atoms with E-state index in [0.717, 1.165) is 23.4 Å². The second-order valence-corrected chi connectivity index (χ2v) is 5.82. The van der Waals surface area contributed by atoms with Crippen LogP contribution in [-0.4, -0.2) is 21.9 Å². The topological polar surface area (TPSA) is 29.0 Å². The molecule has 0 radical (unpaired) electrons. The van der Waals surface area contributed by atoms with Crippen LogP contribution in [0.4, 0.5) is 5.13 Å². The standard InChI is InChI=1S/C12H21N3S/c1-9(2)6-7-11-5-4-8-15(11)12-13-10(3)14-16-12/h9,11H,4-8H2,1-3H3. The van der Waals surface area contributed by atoms with E-state index in [1.165, 1.54) is 25.7 Å². The molecule has 16 heavy (non-hydrogen) atoms. The molecule has 1 aromatic heterocycles. The van der Waals surface area contributed by atoms with E-state index in [9.17, 15) is 0 Å². The zero-order valence-electron chi connectivity index (χ0n) is 10.4. The third-order valence-corrected chi connectivity index (χ3v) is 4.06. The van der Waals surface area contributed by atoms with Crippen LogP contribution in [0.25, 0.3) is 0 Å². The summed E-state index contributed by atoms with van der Waals surface area (Å²) in [7, 11) is 0. The van der Waals surface area contributed by atoms with Gasteiger partial charge in [0.1, 0.15) is 5.82 Å². The number of rotatable bonds is 4. The Bertz CT molecular complexity index is 335. The molecule has 1 unspecified atom stereocenters. The predicted octanol–water partition coefficient (Wildman–Crippen LogP) is 3.25. The normalized spacial score (nSPS) is 21.0. The highest BCUT2D eigenvalue weighted by atomic mass is 32.1. The summed E-state index contributed by atoms with van der Waals surface area (Å²) in [6.45, 7) is 7.74. The summed E-state index contributed by atoms with van der Waals surface area (Å²) in [6.07, 6.45) is 5.25. The molecule has 0 spiro atoms. The van der Waals surface area contributed by atoms with E-state index >= 15 is 0 Å². The van der Waals surface area contributed by atoms with Crippen LogP contribution >= 0.6 is 11.5 Å². The minimum atomic E-state index is 0.703. The lowest BCUT2D eigenvalue weighted by atomic mass is 10.0. The molecule has 2 rings (SSSR count). The average Bonchev–Trinajstić information content (AvgIpc) is 2.82. The fraction of sp³-hybridized carbons (Fsp3) is 0.833. The Labute approximate surface area is 102 Å². The Balaban J connectivity index is 1.98. The van der Waals surface area contributed by atoms with Crippen molar-refractivity contribution in [3.05, 3.63) is 5.82 Å². The van der Waals surface area contributed by atoms with Gasteiger partial charge in [-0.1, -0.05) is 13.8 Å². The highest BCUT2D eigenvalue weighted by Crippen LogP contribution is 2.29. The van der Waals surface area contributed by atoms with Gasteiger partial charge in [-0.15, -0.1) is 0 Å². The molecule has 3 nitrogen and oxygen atoms in total. The summed E-state index contributed by atoms with van der Waals surface area (Å²) < 4.78 is 4.28. The number of aryl methyl sites for hydroxylation is 1. The number of aromatic nitrogens is 2.